The molecular formula is C9H20N2S. The first kappa shape index (κ1) is 10.4. The van der Waals surface area contributed by atoms with E-state index in [0.29, 0.717) is 0 Å². The number of nitrogens with two attached hydrogens (primary N) is 1. The predicted molar refractivity (Wildman–Crippen MR) is 56.6 cm³/mol. The van der Waals surface area contributed by atoms with Gasteiger partial charge in [0, 0.05) is 31.1 Å². The van der Waals surface area contributed by atoms with E-state index in [-0.39, 0.29) is 0 Å². The summed E-state index contributed by atoms with van der Waals surface area (Å²) in [5, 5.41) is 0. The highest BCUT2D eigenvalue weighted by atomic mass is 32.2. The largest absolute Gasteiger partial charge is 0.330 e. The number of thioether (sulfide) groups is 1. The van der Waals surface area contributed by atoms with Crippen molar-refractivity contribution in [1.29, 1.82) is 0 Å². The number of nitrogens with zero attached hydrogens (tertiary/aromatic N) is 1. The zero-order valence-electron chi connectivity index (χ0n) is 7.96. The van der Waals surface area contributed by atoms with Crippen LogP contribution in [-0.2, 0) is 0 Å². The van der Waals surface area contributed by atoms with Crippen LogP contribution < -0.4 is 5.73 Å². The van der Waals surface area contributed by atoms with Gasteiger partial charge in [0.2, 0.25) is 0 Å². The third-order valence-electron chi connectivity index (χ3n) is 2.33. The lowest BCUT2D eigenvalue weighted by Crippen LogP contribution is -2.36. The lowest BCUT2D eigenvalue weighted by molar-refractivity contribution is 0.255. The molecule has 0 aliphatic carbocycles. The van der Waals surface area contributed by atoms with E-state index in [0.717, 1.165) is 12.5 Å². The van der Waals surface area contributed by atoms with Crippen molar-refractivity contribution in [3.05, 3.63) is 0 Å². The van der Waals surface area contributed by atoms with Gasteiger partial charge in [-0.3, -0.25) is 0 Å². The molecule has 0 radical (unpaired) electrons. The first-order chi connectivity index (χ1) is 5.83. The molecule has 2 N–H and O–H groups in total. The van der Waals surface area contributed by atoms with E-state index in [2.05, 4.69) is 23.6 Å². The Morgan fingerprint density at radius 1 is 1.42 bits per heavy atom. The molecule has 2 nitrogen and oxygen atoms in total. The molecule has 1 rings (SSSR count). The monoisotopic (exact) mass is 188 g/mol. The molecule has 1 unspecified atom stereocenters. The second kappa shape index (κ2) is 5.84. The van der Waals surface area contributed by atoms with Crippen molar-refractivity contribution in [3.8, 4) is 0 Å². The van der Waals surface area contributed by atoms with E-state index in [9.17, 15) is 0 Å². The van der Waals surface area contributed by atoms with Crippen molar-refractivity contribution in [2.75, 3.05) is 37.7 Å². The summed E-state index contributed by atoms with van der Waals surface area (Å²) in [6.45, 7) is 6.94. The van der Waals surface area contributed by atoms with Crippen molar-refractivity contribution >= 4 is 11.8 Å². The molecule has 1 fully saturated rings. The van der Waals surface area contributed by atoms with E-state index in [1.54, 1.807) is 0 Å². The van der Waals surface area contributed by atoms with Gasteiger partial charge in [0.1, 0.15) is 0 Å². The summed E-state index contributed by atoms with van der Waals surface area (Å²) in [4.78, 5) is 2.57. The third-order valence-corrected chi connectivity index (χ3v) is 3.28. The molecule has 0 saturated carbocycles. The highest BCUT2D eigenvalue weighted by molar-refractivity contribution is 7.99. The van der Waals surface area contributed by atoms with Crippen LogP contribution in [0.4, 0.5) is 0 Å². The van der Waals surface area contributed by atoms with Gasteiger partial charge in [-0.05, 0) is 18.9 Å². The van der Waals surface area contributed by atoms with Crippen LogP contribution in [0.1, 0.15) is 13.3 Å². The van der Waals surface area contributed by atoms with E-state index in [4.69, 9.17) is 5.73 Å². The van der Waals surface area contributed by atoms with Crippen molar-refractivity contribution in [1.82, 2.24) is 4.90 Å². The van der Waals surface area contributed by atoms with Gasteiger partial charge in [-0.15, -0.1) is 0 Å². The smallest absolute Gasteiger partial charge is 0.00728 e. The Balaban J connectivity index is 2.11. The number of hydrogen-bond acceptors (Lipinski definition) is 3. The molecule has 1 atom stereocenters. The topological polar surface area (TPSA) is 29.3 Å². The zero-order valence-corrected chi connectivity index (χ0v) is 8.78. The van der Waals surface area contributed by atoms with Crippen LogP contribution in [0.5, 0.6) is 0 Å². The molecule has 1 aliphatic rings. The average Bonchev–Trinajstić information content (AvgIpc) is 2.06. The second-order valence-corrected chi connectivity index (χ2v) is 4.82. The van der Waals surface area contributed by atoms with Crippen molar-refractivity contribution in [2.45, 2.75) is 13.3 Å². The molecule has 12 heavy (non-hydrogen) atoms. The Hall–Kier alpha value is 0.270. The molecule has 3 heteroatoms. The van der Waals surface area contributed by atoms with Crippen molar-refractivity contribution < 1.29 is 0 Å². The van der Waals surface area contributed by atoms with Gasteiger partial charge in [0.25, 0.3) is 0 Å². The van der Waals surface area contributed by atoms with E-state index < -0.39 is 0 Å². The van der Waals surface area contributed by atoms with Gasteiger partial charge < -0.3 is 10.6 Å². The Morgan fingerprint density at radius 3 is 2.67 bits per heavy atom. The predicted octanol–water partition coefficient (Wildman–Crippen LogP) is 1.02. The standard InChI is InChI=1S/C9H20N2S/c1-9(2-3-10)8-11-4-6-12-7-5-11/h9H,2-8,10H2,1H3. The molecule has 0 aromatic rings. The molecule has 1 aliphatic heterocycles. The number of rotatable bonds is 4. The van der Waals surface area contributed by atoms with Gasteiger partial charge in [-0.1, -0.05) is 6.92 Å². The van der Waals surface area contributed by atoms with E-state index >= 15 is 0 Å². The lowest BCUT2D eigenvalue weighted by atomic mass is 10.1. The van der Waals surface area contributed by atoms with Crippen LogP contribution in [0.15, 0.2) is 0 Å². The molecule has 0 aromatic heterocycles. The molecule has 1 saturated heterocycles. The first-order valence-electron chi connectivity index (χ1n) is 4.83. The molecule has 0 bridgehead atoms. The quantitative estimate of drug-likeness (QED) is 0.714. The van der Waals surface area contributed by atoms with Crippen LogP contribution in [0, 0.1) is 5.92 Å². The van der Waals surface area contributed by atoms with Gasteiger partial charge in [-0.25, -0.2) is 0 Å². The Labute approximate surface area is 79.9 Å². The van der Waals surface area contributed by atoms with E-state index in [1.165, 1.54) is 37.6 Å². The summed E-state index contributed by atoms with van der Waals surface area (Å²) < 4.78 is 0. The zero-order chi connectivity index (χ0) is 8.81. The van der Waals surface area contributed by atoms with Gasteiger partial charge in [-0.2, -0.15) is 11.8 Å². The first-order valence-corrected chi connectivity index (χ1v) is 5.98. The Bertz CT molecular complexity index is 113. The maximum atomic E-state index is 5.51. The van der Waals surface area contributed by atoms with Crippen molar-refractivity contribution in [2.24, 2.45) is 11.7 Å². The summed E-state index contributed by atoms with van der Waals surface area (Å²) in [6, 6.07) is 0. The summed E-state index contributed by atoms with van der Waals surface area (Å²) >= 11 is 2.07. The minimum absolute atomic E-state index is 0.776. The molecule has 0 amide bonds. The summed E-state index contributed by atoms with van der Waals surface area (Å²) in [5.41, 5.74) is 5.51. The highest BCUT2D eigenvalue weighted by Crippen LogP contribution is 2.11. The summed E-state index contributed by atoms with van der Waals surface area (Å²) in [7, 11) is 0. The molecule has 1 heterocycles. The maximum absolute atomic E-state index is 5.51. The summed E-state index contributed by atoms with van der Waals surface area (Å²) in [5.74, 6) is 3.41. The normalized spacial score (nSPS) is 22.5. The fraction of sp³-hybridized carbons (Fsp3) is 1.00. The molecule has 72 valence electrons. The average molecular weight is 188 g/mol. The Morgan fingerprint density at radius 2 is 2.08 bits per heavy atom. The minimum Gasteiger partial charge on any atom is -0.330 e. The Kier molecular flexibility index (Phi) is 5.04. The fourth-order valence-electron chi connectivity index (χ4n) is 1.60. The van der Waals surface area contributed by atoms with Gasteiger partial charge in [0.15, 0.2) is 0 Å². The van der Waals surface area contributed by atoms with Crippen LogP contribution >= 0.6 is 11.8 Å². The second-order valence-electron chi connectivity index (χ2n) is 3.60. The molecular weight excluding hydrogens is 168 g/mol. The van der Waals surface area contributed by atoms with Gasteiger partial charge >= 0.3 is 0 Å². The lowest BCUT2D eigenvalue weighted by Gasteiger charge is -2.28. The number of hydrogen-bond donors (Lipinski definition) is 1. The maximum Gasteiger partial charge on any atom is 0.00728 e. The minimum atomic E-state index is 0.776. The SMILES string of the molecule is CC(CCN)CN1CCSCC1. The van der Waals surface area contributed by atoms with Crippen LogP contribution in [0.2, 0.25) is 0 Å². The highest BCUT2D eigenvalue weighted by Gasteiger charge is 2.12. The van der Waals surface area contributed by atoms with Crippen LogP contribution in [0.3, 0.4) is 0 Å². The van der Waals surface area contributed by atoms with Gasteiger partial charge in [0.05, 0.1) is 0 Å². The summed E-state index contributed by atoms with van der Waals surface area (Å²) in [6.07, 6.45) is 1.17. The third kappa shape index (κ3) is 3.78. The van der Waals surface area contributed by atoms with Crippen LogP contribution in [-0.4, -0.2) is 42.6 Å². The van der Waals surface area contributed by atoms with Crippen molar-refractivity contribution in [3.63, 3.8) is 0 Å². The van der Waals surface area contributed by atoms with E-state index in [1.807, 2.05) is 0 Å². The molecule has 0 aromatic carbocycles. The molecule has 0 spiro atoms. The fourth-order valence-corrected chi connectivity index (χ4v) is 2.58. The van der Waals surface area contributed by atoms with Crippen LogP contribution in [0.25, 0.3) is 0 Å².